The third-order valence-electron chi connectivity index (χ3n) is 2.32. The van der Waals surface area contributed by atoms with Crippen LogP contribution in [-0.4, -0.2) is 19.6 Å². The van der Waals surface area contributed by atoms with E-state index < -0.39 is 5.95 Å². The highest BCUT2D eigenvalue weighted by atomic mass is 19.1. The Kier molecular flexibility index (Phi) is 1.89. The fraction of sp³-hybridized carbons (Fsp3) is 0. The minimum absolute atomic E-state index is 0.492. The van der Waals surface area contributed by atoms with Crippen molar-refractivity contribution >= 4 is 5.65 Å². The third-order valence-corrected chi connectivity index (χ3v) is 2.32. The summed E-state index contributed by atoms with van der Waals surface area (Å²) < 4.78 is 14.4. The van der Waals surface area contributed by atoms with E-state index in [0.717, 1.165) is 16.8 Å². The molecule has 16 heavy (non-hydrogen) atoms. The minimum atomic E-state index is -0.492. The Labute approximate surface area is 90.4 Å². The Morgan fingerprint density at radius 1 is 1.12 bits per heavy atom. The van der Waals surface area contributed by atoms with Gasteiger partial charge < -0.3 is 0 Å². The van der Waals surface area contributed by atoms with Crippen molar-refractivity contribution in [3.63, 3.8) is 0 Å². The van der Waals surface area contributed by atoms with E-state index in [2.05, 4.69) is 15.1 Å². The molecule has 0 aromatic carbocycles. The van der Waals surface area contributed by atoms with Crippen molar-refractivity contribution in [1.29, 1.82) is 0 Å². The highest BCUT2D eigenvalue weighted by Crippen LogP contribution is 2.21. The summed E-state index contributed by atoms with van der Waals surface area (Å²) in [6, 6.07) is 4.78. The van der Waals surface area contributed by atoms with E-state index in [1.807, 2.05) is 6.20 Å². The number of nitrogens with zero attached hydrogens (tertiary/aromatic N) is 4. The lowest BCUT2D eigenvalue weighted by Crippen LogP contribution is -1.88. The second-order valence-corrected chi connectivity index (χ2v) is 3.32. The second kappa shape index (κ2) is 3.37. The maximum atomic E-state index is 12.7. The van der Waals surface area contributed by atoms with Crippen LogP contribution in [0.25, 0.3) is 16.8 Å². The molecule has 0 spiro atoms. The number of halogens is 1. The van der Waals surface area contributed by atoms with Gasteiger partial charge in [0.1, 0.15) is 0 Å². The van der Waals surface area contributed by atoms with Gasteiger partial charge in [-0.25, -0.2) is 14.5 Å². The van der Waals surface area contributed by atoms with Crippen molar-refractivity contribution in [2.75, 3.05) is 0 Å². The molecule has 0 saturated heterocycles. The van der Waals surface area contributed by atoms with Gasteiger partial charge in [-0.3, -0.25) is 0 Å². The Bertz CT molecular complexity index is 630. The van der Waals surface area contributed by atoms with Gasteiger partial charge in [0.2, 0.25) is 5.95 Å². The highest BCUT2D eigenvalue weighted by Gasteiger charge is 2.07. The summed E-state index contributed by atoms with van der Waals surface area (Å²) in [6.07, 6.45) is 6.67. The Hall–Kier alpha value is -2.30. The number of fused-ring (bicyclic) bond motifs is 1. The van der Waals surface area contributed by atoms with Gasteiger partial charge in [0.15, 0.2) is 5.65 Å². The molecule has 0 aliphatic heterocycles. The molecule has 3 aromatic heterocycles. The molecule has 5 heteroatoms. The van der Waals surface area contributed by atoms with E-state index in [1.54, 1.807) is 29.0 Å². The fourth-order valence-electron chi connectivity index (χ4n) is 1.57. The molecule has 0 amide bonds. The van der Waals surface area contributed by atoms with Crippen molar-refractivity contribution in [2.24, 2.45) is 0 Å². The summed E-state index contributed by atoms with van der Waals surface area (Å²) in [5.41, 5.74) is 2.37. The molecule has 0 aliphatic carbocycles. The Balaban J connectivity index is 2.22. The predicted molar refractivity (Wildman–Crippen MR) is 56.2 cm³/mol. The van der Waals surface area contributed by atoms with E-state index in [4.69, 9.17) is 0 Å². The fourth-order valence-corrected chi connectivity index (χ4v) is 1.57. The lowest BCUT2D eigenvalue weighted by Gasteiger charge is -1.97. The van der Waals surface area contributed by atoms with Gasteiger partial charge >= 0.3 is 0 Å². The Morgan fingerprint density at radius 2 is 2.06 bits per heavy atom. The van der Waals surface area contributed by atoms with Crippen LogP contribution >= 0.6 is 0 Å². The summed E-state index contributed by atoms with van der Waals surface area (Å²) in [5, 5.41) is 4.15. The first-order chi connectivity index (χ1) is 7.84. The molecule has 0 unspecified atom stereocenters. The predicted octanol–water partition coefficient (Wildman–Crippen LogP) is 1.93. The molecule has 78 valence electrons. The zero-order chi connectivity index (χ0) is 11.0. The van der Waals surface area contributed by atoms with E-state index in [-0.39, 0.29) is 0 Å². The number of pyridine rings is 1. The van der Waals surface area contributed by atoms with Crippen LogP contribution in [0.2, 0.25) is 0 Å². The van der Waals surface area contributed by atoms with Crippen LogP contribution in [0.15, 0.2) is 43.0 Å². The first kappa shape index (κ1) is 8.96. The normalized spacial score (nSPS) is 10.8. The molecule has 0 bridgehead atoms. The average Bonchev–Trinajstić information content (AvgIpc) is 2.74. The van der Waals surface area contributed by atoms with Crippen molar-refractivity contribution in [3.05, 3.63) is 48.9 Å². The van der Waals surface area contributed by atoms with Crippen LogP contribution in [-0.2, 0) is 0 Å². The van der Waals surface area contributed by atoms with Crippen molar-refractivity contribution in [3.8, 4) is 11.1 Å². The highest BCUT2D eigenvalue weighted by molar-refractivity contribution is 5.76. The molecule has 0 aliphatic rings. The van der Waals surface area contributed by atoms with Gasteiger partial charge in [-0.05, 0) is 18.2 Å². The number of rotatable bonds is 1. The van der Waals surface area contributed by atoms with Gasteiger partial charge in [0, 0.05) is 29.7 Å². The molecule has 3 aromatic rings. The summed E-state index contributed by atoms with van der Waals surface area (Å²) in [7, 11) is 0. The molecule has 4 nitrogen and oxygen atoms in total. The maximum Gasteiger partial charge on any atom is 0.212 e. The van der Waals surface area contributed by atoms with Gasteiger partial charge in [-0.2, -0.15) is 9.49 Å². The van der Waals surface area contributed by atoms with Crippen LogP contribution in [0.5, 0.6) is 0 Å². The maximum absolute atomic E-state index is 12.7. The molecule has 3 heterocycles. The van der Waals surface area contributed by atoms with Crippen LogP contribution in [0, 0.1) is 5.95 Å². The molecular weight excluding hydrogens is 207 g/mol. The summed E-state index contributed by atoms with van der Waals surface area (Å²) >= 11 is 0. The van der Waals surface area contributed by atoms with Crippen molar-refractivity contribution in [2.45, 2.75) is 0 Å². The lowest BCUT2D eigenvalue weighted by atomic mass is 10.1. The van der Waals surface area contributed by atoms with Crippen LogP contribution in [0.1, 0.15) is 0 Å². The number of hydrogen-bond acceptors (Lipinski definition) is 3. The molecule has 0 saturated carbocycles. The van der Waals surface area contributed by atoms with Crippen LogP contribution in [0.3, 0.4) is 0 Å². The van der Waals surface area contributed by atoms with Gasteiger partial charge in [0.05, 0.1) is 6.20 Å². The molecule has 0 radical (unpaired) electrons. The molecule has 0 atom stereocenters. The molecular formula is C11H7FN4. The van der Waals surface area contributed by atoms with Gasteiger partial charge in [-0.15, -0.1) is 0 Å². The number of hydrogen-bond donors (Lipinski definition) is 0. The third kappa shape index (κ3) is 1.33. The quantitative estimate of drug-likeness (QED) is 0.581. The summed E-state index contributed by atoms with van der Waals surface area (Å²) in [5.74, 6) is -0.492. The van der Waals surface area contributed by atoms with Gasteiger partial charge in [0.25, 0.3) is 0 Å². The van der Waals surface area contributed by atoms with E-state index >= 15 is 0 Å². The Morgan fingerprint density at radius 3 is 2.88 bits per heavy atom. The molecule has 3 rings (SSSR count). The topological polar surface area (TPSA) is 43.1 Å². The zero-order valence-electron chi connectivity index (χ0n) is 8.21. The first-order valence-electron chi connectivity index (χ1n) is 4.75. The largest absolute Gasteiger partial charge is 0.236 e. The summed E-state index contributed by atoms with van der Waals surface area (Å²) in [6.45, 7) is 0. The standard InChI is InChI=1S/C11H7FN4/c12-10-3-2-8(6-14-10)9-7-15-16-5-1-4-13-11(9)16/h1-7H. The van der Waals surface area contributed by atoms with E-state index in [0.29, 0.717) is 0 Å². The van der Waals surface area contributed by atoms with Gasteiger partial charge in [-0.1, -0.05) is 0 Å². The summed E-state index contributed by atoms with van der Waals surface area (Å²) in [4.78, 5) is 7.83. The van der Waals surface area contributed by atoms with Crippen LogP contribution in [0.4, 0.5) is 4.39 Å². The monoisotopic (exact) mass is 214 g/mol. The molecule has 0 N–H and O–H groups in total. The average molecular weight is 214 g/mol. The van der Waals surface area contributed by atoms with Crippen molar-refractivity contribution < 1.29 is 4.39 Å². The SMILES string of the molecule is Fc1ccc(-c2cnn3cccnc23)cn1. The minimum Gasteiger partial charge on any atom is -0.236 e. The second-order valence-electron chi connectivity index (χ2n) is 3.32. The number of aromatic nitrogens is 4. The smallest absolute Gasteiger partial charge is 0.212 e. The van der Waals surface area contributed by atoms with E-state index in [1.165, 1.54) is 12.3 Å². The van der Waals surface area contributed by atoms with Crippen molar-refractivity contribution in [1.82, 2.24) is 19.6 Å². The lowest BCUT2D eigenvalue weighted by molar-refractivity contribution is 0.584. The zero-order valence-corrected chi connectivity index (χ0v) is 8.21. The van der Waals surface area contributed by atoms with E-state index in [9.17, 15) is 4.39 Å². The first-order valence-corrected chi connectivity index (χ1v) is 4.75. The van der Waals surface area contributed by atoms with Crippen LogP contribution < -0.4 is 0 Å². The molecule has 0 fully saturated rings.